The lowest BCUT2D eigenvalue weighted by atomic mass is 10.2. The number of aromatic nitrogens is 2. The Morgan fingerprint density at radius 2 is 2.04 bits per heavy atom. The normalized spacial score (nSPS) is 12.1. The molecule has 3 rings (SSSR count). The van der Waals surface area contributed by atoms with Crippen molar-refractivity contribution in [3.63, 3.8) is 0 Å². The van der Waals surface area contributed by atoms with E-state index in [2.05, 4.69) is 21.8 Å². The fourth-order valence-corrected chi connectivity index (χ4v) is 3.87. The molecule has 0 aliphatic rings. The molecule has 3 aromatic rings. The lowest BCUT2D eigenvalue weighted by molar-refractivity contribution is 0.250. The summed E-state index contributed by atoms with van der Waals surface area (Å²) in [5.74, 6) is 0. The zero-order chi connectivity index (χ0) is 16.2. The number of hydrogen-bond donors (Lipinski definition) is 2. The lowest BCUT2D eigenvalue weighted by Crippen LogP contribution is -2.34. The zero-order valence-electron chi connectivity index (χ0n) is 12.9. The number of rotatable bonds is 5. The Bertz CT molecular complexity index is 762. The fraction of sp³-hybridized carbons (Fsp3) is 0.250. The average Bonchev–Trinajstić information content (AvgIpc) is 3.23. The fourth-order valence-electron chi connectivity index (χ4n) is 2.45. The van der Waals surface area contributed by atoms with Crippen LogP contribution in [0.15, 0.2) is 41.1 Å². The number of carbonyl (C=O) groups is 1. The molecule has 3 heterocycles. The lowest BCUT2D eigenvalue weighted by Gasteiger charge is -2.19. The van der Waals surface area contributed by atoms with Gasteiger partial charge in [0.25, 0.3) is 0 Å². The molecule has 5 nitrogen and oxygen atoms in total. The Kier molecular flexibility index (Phi) is 4.78. The van der Waals surface area contributed by atoms with Crippen LogP contribution in [0.5, 0.6) is 0 Å². The van der Waals surface area contributed by atoms with Crippen molar-refractivity contribution in [2.75, 3.05) is 11.9 Å². The molecular formula is C16H18N4OS2. The van der Waals surface area contributed by atoms with Gasteiger partial charge in [0.15, 0.2) is 0 Å². The van der Waals surface area contributed by atoms with Crippen LogP contribution in [0.4, 0.5) is 9.80 Å². The van der Waals surface area contributed by atoms with Crippen LogP contribution in [0.3, 0.4) is 0 Å². The zero-order valence-corrected chi connectivity index (χ0v) is 14.6. The molecule has 0 spiro atoms. The van der Waals surface area contributed by atoms with Crippen LogP contribution in [-0.2, 0) is 0 Å². The van der Waals surface area contributed by atoms with Gasteiger partial charge in [0.2, 0.25) is 0 Å². The monoisotopic (exact) mass is 346 g/mol. The summed E-state index contributed by atoms with van der Waals surface area (Å²) in [5, 5.41) is 15.2. The minimum absolute atomic E-state index is 0.00205. The molecule has 0 fully saturated rings. The highest BCUT2D eigenvalue weighted by molar-refractivity contribution is 7.14. The summed E-state index contributed by atoms with van der Waals surface area (Å²) in [6.45, 7) is 4.50. The summed E-state index contributed by atoms with van der Waals surface area (Å²) in [5.41, 5.74) is 2.06. The van der Waals surface area contributed by atoms with E-state index in [1.807, 2.05) is 53.6 Å². The van der Waals surface area contributed by atoms with Gasteiger partial charge < -0.3 is 5.32 Å². The number of anilines is 1. The number of amides is 2. The molecule has 0 saturated heterocycles. The highest BCUT2D eigenvalue weighted by Gasteiger charge is 2.19. The Balaban J connectivity index is 1.72. The number of thiophene rings is 2. The number of aryl methyl sites for hydroxylation is 2. The third kappa shape index (κ3) is 3.80. The van der Waals surface area contributed by atoms with Crippen LogP contribution in [-0.4, -0.2) is 22.4 Å². The standard InChI is InChI=1S/C16H18N4OS2/c1-11-9-12(2)20(19-11)13(14-5-3-7-22-14)10-17-16(21)18-15-6-4-8-23-15/h3-9,13H,10H2,1-2H3,(H2,17,18,21)/t13-/m1/s1. The van der Waals surface area contributed by atoms with Gasteiger partial charge in [0.05, 0.1) is 10.7 Å². The van der Waals surface area contributed by atoms with E-state index in [4.69, 9.17) is 0 Å². The molecule has 1 atom stereocenters. The van der Waals surface area contributed by atoms with Gasteiger partial charge in [-0.1, -0.05) is 6.07 Å². The van der Waals surface area contributed by atoms with Gasteiger partial charge in [-0.2, -0.15) is 5.10 Å². The highest BCUT2D eigenvalue weighted by Crippen LogP contribution is 2.24. The van der Waals surface area contributed by atoms with Crippen LogP contribution < -0.4 is 10.6 Å². The Labute approximate surface area is 143 Å². The molecule has 0 unspecified atom stereocenters. The summed E-state index contributed by atoms with van der Waals surface area (Å²) in [6, 6.07) is 9.72. The molecule has 0 radical (unpaired) electrons. The molecule has 2 N–H and O–H groups in total. The number of nitrogens with one attached hydrogen (secondary N) is 2. The van der Waals surface area contributed by atoms with E-state index in [9.17, 15) is 4.79 Å². The maximum atomic E-state index is 12.1. The van der Waals surface area contributed by atoms with Crippen LogP contribution in [0.2, 0.25) is 0 Å². The molecule has 120 valence electrons. The summed E-state index contributed by atoms with van der Waals surface area (Å²) in [6.07, 6.45) is 0. The molecule has 0 saturated carbocycles. The maximum absolute atomic E-state index is 12.1. The van der Waals surface area contributed by atoms with E-state index in [1.54, 1.807) is 11.3 Å². The second-order valence-corrected chi connectivity index (χ2v) is 7.14. The Hall–Kier alpha value is -2.12. The molecule has 3 aromatic heterocycles. The van der Waals surface area contributed by atoms with Crippen molar-refractivity contribution in [2.45, 2.75) is 19.9 Å². The topological polar surface area (TPSA) is 59.0 Å². The second-order valence-electron chi connectivity index (χ2n) is 5.22. The van der Waals surface area contributed by atoms with E-state index in [0.29, 0.717) is 6.54 Å². The first-order valence-electron chi connectivity index (χ1n) is 7.28. The SMILES string of the molecule is Cc1cc(C)n([C@H](CNC(=O)Nc2cccs2)c2cccs2)n1. The predicted molar refractivity (Wildman–Crippen MR) is 95.5 cm³/mol. The minimum Gasteiger partial charge on any atom is -0.335 e. The Morgan fingerprint density at radius 1 is 1.26 bits per heavy atom. The van der Waals surface area contributed by atoms with Crippen molar-refractivity contribution in [1.29, 1.82) is 0 Å². The van der Waals surface area contributed by atoms with Gasteiger partial charge in [-0.3, -0.25) is 10.00 Å². The van der Waals surface area contributed by atoms with Crippen LogP contribution >= 0.6 is 22.7 Å². The summed E-state index contributed by atoms with van der Waals surface area (Å²) >= 11 is 3.17. The number of urea groups is 1. The molecule has 0 aliphatic heterocycles. The molecule has 7 heteroatoms. The van der Waals surface area contributed by atoms with Crippen LogP contribution in [0.25, 0.3) is 0 Å². The first-order chi connectivity index (χ1) is 11.1. The van der Waals surface area contributed by atoms with E-state index in [-0.39, 0.29) is 12.1 Å². The Morgan fingerprint density at radius 3 is 2.65 bits per heavy atom. The van der Waals surface area contributed by atoms with E-state index in [0.717, 1.165) is 16.4 Å². The van der Waals surface area contributed by atoms with Gasteiger partial charge in [0.1, 0.15) is 6.04 Å². The summed E-state index contributed by atoms with van der Waals surface area (Å²) in [4.78, 5) is 13.2. The summed E-state index contributed by atoms with van der Waals surface area (Å²) in [7, 11) is 0. The van der Waals surface area contributed by atoms with E-state index >= 15 is 0 Å². The van der Waals surface area contributed by atoms with Crippen molar-refractivity contribution in [3.8, 4) is 0 Å². The van der Waals surface area contributed by atoms with Crippen molar-refractivity contribution in [3.05, 3.63) is 57.4 Å². The first-order valence-corrected chi connectivity index (χ1v) is 9.04. The van der Waals surface area contributed by atoms with Gasteiger partial charge in [-0.15, -0.1) is 22.7 Å². The first kappa shape index (κ1) is 15.8. The maximum Gasteiger partial charge on any atom is 0.319 e. The highest BCUT2D eigenvalue weighted by atomic mass is 32.1. The van der Waals surface area contributed by atoms with Crippen molar-refractivity contribution < 1.29 is 4.79 Å². The molecule has 0 aromatic carbocycles. The van der Waals surface area contributed by atoms with Crippen LogP contribution in [0, 0.1) is 13.8 Å². The number of carbonyl (C=O) groups excluding carboxylic acids is 1. The molecule has 0 bridgehead atoms. The molecule has 23 heavy (non-hydrogen) atoms. The van der Waals surface area contributed by atoms with Gasteiger partial charge in [-0.05, 0) is 48.9 Å². The minimum atomic E-state index is -0.199. The predicted octanol–water partition coefficient (Wildman–Crippen LogP) is 4.03. The van der Waals surface area contributed by atoms with E-state index in [1.165, 1.54) is 16.2 Å². The molecule has 2 amide bonds. The quantitative estimate of drug-likeness (QED) is 0.733. The number of nitrogens with zero attached hydrogens (tertiary/aromatic N) is 2. The number of hydrogen-bond acceptors (Lipinski definition) is 4. The average molecular weight is 346 g/mol. The van der Waals surface area contributed by atoms with Crippen molar-refractivity contribution >= 4 is 33.7 Å². The smallest absolute Gasteiger partial charge is 0.319 e. The largest absolute Gasteiger partial charge is 0.335 e. The van der Waals surface area contributed by atoms with Crippen molar-refractivity contribution in [2.24, 2.45) is 0 Å². The third-order valence-corrected chi connectivity index (χ3v) is 5.18. The summed E-state index contributed by atoms with van der Waals surface area (Å²) < 4.78 is 1.98. The van der Waals surface area contributed by atoms with Crippen LogP contribution in [0.1, 0.15) is 22.3 Å². The second kappa shape index (κ2) is 6.97. The van der Waals surface area contributed by atoms with Gasteiger partial charge in [-0.25, -0.2) is 4.79 Å². The van der Waals surface area contributed by atoms with Gasteiger partial charge in [0, 0.05) is 17.1 Å². The van der Waals surface area contributed by atoms with E-state index < -0.39 is 0 Å². The molecule has 0 aliphatic carbocycles. The van der Waals surface area contributed by atoms with Crippen molar-refractivity contribution in [1.82, 2.24) is 15.1 Å². The third-order valence-electron chi connectivity index (χ3n) is 3.43. The molecular weight excluding hydrogens is 328 g/mol. The van der Waals surface area contributed by atoms with Gasteiger partial charge >= 0.3 is 6.03 Å².